The molecule has 26 heavy (non-hydrogen) atoms. The zero-order chi connectivity index (χ0) is 18.1. The minimum absolute atomic E-state index is 0.0881. The summed E-state index contributed by atoms with van der Waals surface area (Å²) < 4.78 is 10.7. The number of methoxy groups -OCH3 is 2. The minimum Gasteiger partial charge on any atom is -0.497 e. The number of rotatable bonds is 6. The summed E-state index contributed by atoms with van der Waals surface area (Å²) in [6.45, 7) is 0. The number of fused-ring (bicyclic) bond motifs is 2. The summed E-state index contributed by atoms with van der Waals surface area (Å²) in [5.41, 5.74) is 1.68. The first-order valence-corrected chi connectivity index (χ1v) is 10.0. The van der Waals surface area contributed by atoms with Crippen LogP contribution in [0.5, 0.6) is 11.5 Å². The molecule has 5 nitrogen and oxygen atoms in total. The largest absolute Gasteiger partial charge is 0.497 e. The maximum absolute atomic E-state index is 12.4. The van der Waals surface area contributed by atoms with Gasteiger partial charge in [0.2, 0.25) is 5.91 Å². The van der Waals surface area contributed by atoms with Crippen LogP contribution in [0.3, 0.4) is 0 Å². The summed E-state index contributed by atoms with van der Waals surface area (Å²) >= 11 is 1.45. The van der Waals surface area contributed by atoms with Gasteiger partial charge in [0.05, 0.1) is 19.9 Å². The van der Waals surface area contributed by atoms with E-state index in [9.17, 15) is 4.79 Å². The van der Waals surface area contributed by atoms with E-state index in [-0.39, 0.29) is 5.91 Å². The van der Waals surface area contributed by atoms with Crippen LogP contribution in [-0.4, -0.2) is 25.1 Å². The number of carbonyl (C=O) groups is 1. The Labute approximate surface area is 157 Å². The zero-order valence-electron chi connectivity index (χ0n) is 15.2. The van der Waals surface area contributed by atoms with Gasteiger partial charge in [-0.15, -0.1) is 11.3 Å². The smallest absolute Gasteiger partial charge is 0.226 e. The van der Waals surface area contributed by atoms with Gasteiger partial charge in [-0.3, -0.25) is 4.79 Å². The number of benzene rings is 1. The van der Waals surface area contributed by atoms with Crippen molar-refractivity contribution >= 4 is 22.4 Å². The van der Waals surface area contributed by atoms with Crippen molar-refractivity contribution in [1.29, 1.82) is 0 Å². The highest BCUT2D eigenvalue weighted by atomic mass is 32.1. The fraction of sp³-hybridized carbons (Fsp3) is 0.500. The van der Waals surface area contributed by atoms with Crippen LogP contribution >= 0.6 is 11.3 Å². The number of anilines is 1. The number of aromatic nitrogens is 1. The van der Waals surface area contributed by atoms with Crippen molar-refractivity contribution in [3.63, 3.8) is 0 Å². The van der Waals surface area contributed by atoms with Crippen LogP contribution < -0.4 is 14.8 Å². The van der Waals surface area contributed by atoms with Crippen LogP contribution in [0, 0.1) is 17.8 Å². The molecule has 1 amide bonds. The van der Waals surface area contributed by atoms with E-state index < -0.39 is 0 Å². The highest BCUT2D eigenvalue weighted by Gasteiger charge is 2.40. The van der Waals surface area contributed by atoms with E-state index in [4.69, 9.17) is 9.47 Å². The lowest BCUT2D eigenvalue weighted by Gasteiger charge is -2.20. The molecule has 6 heteroatoms. The van der Waals surface area contributed by atoms with Crippen molar-refractivity contribution in [1.82, 2.24) is 4.98 Å². The first kappa shape index (κ1) is 17.3. The van der Waals surface area contributed by atoms with E-state index >= 15 is 0 Å². The number of carbonyl (C=O) groups excluding carboxylic acids is 1. The molecule has 2 aromatic rings. The second-order valence-corrected chi connectivity index (χ2v) is 8.15. The van der Waals surface area contributed by atoms with Crippen LogP contribution in [0.15, 0.2) is 23.6 Å². The molecule has 3 atom stereocenters. The zero-order valence-corrected chi connectivity index (χ0v) is 16.0. The Hall–Kier alpha value is -2.08. The molecular formula is C20H24N2O3S. The van der Waals surface area contributed by atoms with Crippen LogP contribution in [-0.2, 0) is 4.79 Å². The molecule has 2 fully saturated rings. The van der Waals surface area contributed by atoms with Gasteiger partial charge in [-0.25, -0.2) is 4.98 Å². The summed E-state index contributed by atoms with van der Waals surface area (Å²) in [6, 6.07) is 5.64. The second kappa shape index (κ2) is 7.27. The lowest BCUT2D eigenvalue weighted by molar-refractivity contribution is -0.117. The molecule has 2 aliphatic rings. The molecule has 1 heterocycles. The Bertz CT molecular complexity index is 804. The Morgan fingerprint density at radius 1 is 1.27 bits per heavy atom. The van der Waals surface area contributed by atoms with Gasteiger partial charge in [-0.1, -0.05) is 6.42 Å². The first-order chi connectivity index (χ1) is 12.7. The summed E-state index contributed by atoms with van der Waals surface area (Å²) in [5, 5.41) is 5.57. The number of nitrogens with zero attached hydrogens (tertiary/aromatic N) is 1. The molecule has 2 aliphatic carbocycles. The van der Waals surface area contributed by atoms with Gasteiger partial charge < -0.3 is 14.8 Å². The highest BCUT2D eigenvalue weighted by Crippen LogP contribution is 2.49. The van der Waals surface area contributed by atoms with Crippen LogP contribution in [0.25, 0.3) is 11.3 Å². The van der Waals surface area contributed by atoms with Crippen LogP contribution in [0.4, 0.5) is 5.13 Å². The van der Waals surface area contributed by atoms with E-state index in [0.29, 0.717) is 23.2 Å². The van der Waals surface area contributed by atoms with E-state index in [1.807, 2.05) is 23.6 Å². The standard InChI is InChI=1S/C20H24N2O3S/c1-24-15-5-6-16(18(10-15)25-2)17-11-26-20(21-17)22-19(23)9-14-8-12-3-4-13(14)7-12/h5-6,10-14H,3-4,7-9H2,1-2H3,(H,21,22,23). The van der Waals surface area contributed by atoms with Gasteiger partial charge in [-0.05, 0) is 49.1 Å². The molecule has 2 saturated carbocycles. The number of ether oxygens (including phenoxy) is 2. The predicted octanol–water partition coefficient (Wildman–Crippen LogP) is 4.59. The molecule has 0 radical (unpaired) electrons. The summed E-state index contributed by atoms with van der Waals surface area (Å²) in [6.07, 6.45) is 5.85. The predicted molar refractivity (Wildman–Crippen MR) is 103 cm³/mol. The van der Waals surface area contributed by atoms with E-state index in [1.165, 1.54) is 37.0 Å². The molecule has 1 aromatic heterocycles. The monoisotopic (exact) mass is 372 g/mol. The number of amides is 1. The quantitative estimate of drug-likeness (QED) is 0.805. The van der Waals surface area contributed by atoms with E-state index in [2.05, 4.69) is 10.3 Å². The molecule has 1 aromatic carbocycles. The third-order valence-electron chi connectivity index (χ3n) is 5.77. The van der Waals surface area contributed by atoms with Gasteiger partial charge in [0.15, 0.2) is 5.13 Å². The second-order valence-electron chi connectivity index (χ2n) is 7.29. The molecule has 3 unspecified atom stereocenters. The average Bonchev–Trinajstić information content (AvgIpc) is 3.38. The van der Waals surface area contributed by atoms with Gasteiger partial charge in [0.1, 0.15) is 11.5 Å². The third-order valence-corrected chi connectivity index (χ3v) is 6.53. The molecule has 0 aliphatic heterocycles. The molecule has 138 valence electrons. The number of hydrogen-bond donors (Lipinski definition) is 1. The van der Waals surface area contributed by atoms with Crippen molar-refractivity contribution in [3.05, 3.63) is 23.6 Å². The summed E-state index contributed by atoms with van der Waals surface area (Å²) in [7, 11) is 3.25. The van der Waals surface area contributed by atoms with Crippen LogP contribution in [0.1, 0.15) is 32.1 Å². The highest BCUT2D eigenvalue weighted by molar-refractivity contribution is 7.14. The van der Waals surface area contributed by atoms with E-state index in [1.54, 1.807) is 14.2 Å². The molecule has 4 rings (SSSR count). The van der Waals surface area contributed by atoms with Crippen molar-refractivity contribution < 1.29 is 14.3 Å². The fourth-order valence-electron chi connectivity index (χ4n) is 4.50. The topological polar surface area (TPSA) is 60.5 Å². The Morgan fingerprint density at radius 2 is 2.15 bits per heavy atom. The first-order valence-electron chi connectivity index (χ1n) is 9.14. The molecule has 2 bridgehead atoms. The van der Waals surface area contributed by atoms with Crippen LogP contribution in [0.2, 0.25) is 0 Å². The normalized spacial score (nSPS) is 23.8. The fourth-order valence-corrected chi connectivity index (χ4v) is 5.23. The van der Waals surface area contributed by atoms with Crippen molar-refractivity contribution in [3.8, 4) is 22.8 Å². The third kappa shape index (κ3) is 3.43. The maximum atomic E-state index is 12.4. The van der Waals surface area contributed by atoms with Gasteiger partial charge in [0.25, 0.3) is 0 Å². The lowest BCUT2D eigenvalue weighted by Crippen LogP contribution is -2.20. The average molecular weight is 372 g/mol. The van der Waals surface area contributed by atoms with E-state index in [0.717, 1.165) is 28.8 Å². The Morgan fingerprint density at radius 3 is 2.85 bits per heavy atom. The molecular weight excluding hydrogens is 348 g/mol. The number of hydrogen-bond acceptors (Lipinski definition) is 5. The summed E-state index contributed by atoms with van der Waals surface area (Å²) in [4.78, 5) is 17.0. The number of nitrogens with one attached hydrogen (secondary N) is 1. The van der Waals surface area contributed by atoms with Gasteiger partial charge in [-0.2, -0.15) is 0 Å². The van der Waals surface area contributed by atoms with Crippen molar-refractivity contribution in [2.75, 3.05) is 19.5 Å². The molecule has 0 spiro atoms. The number of thiazole rings is 1. The minimum atomic E-state index is 0.0881. The SMILES string of the molecule is COc1ccc(-c2csc(NC(=O)CC3CC4CCC3C4)n2)c(OC)c1. The van der Waals surface area contributed by atoms with Gasteiger partial charge >= 0.3 is 0 Å². The Balaban J connectivity index is 1.42. The molecule has 0 saturated heterocycles. The van der Waals surface area contributed by atoms with Gasteiger partial charge in [0, 0.05) is 23.4 Å². The maximum Gasteiger partial charge on any atom is 0.226 e. The Kier molecular flexibility index (Phi) is 4.85. The van der Waals surface area contributed by atoms with Crippen molar-refractivity contribution in [2.45, 2.75) is 32.1 Å². The van der Waals surface area contributed by atoms with Crippen molar-refractivity contribution in [2.24, 2.45) is 17.8 Å². The molecule has 1 N–H and O–H groups in total. The summed E-state index contributed by atoms with van der Waals surface area (Å²) in [5.74, 6) is 3.72. The lowest BCUT2D eigenvalue weighted by atomic mass is 9.86.